The lowest BCUT2D eigenvalue weighted by Gasteiger charge is -2.22. The molecule has 278 valence electrons. The van der Waals surface area contributed by atoms with Crippen LogP contribution in [-0.4, -0.2) is 19.1 Å². The van der Waals surface area contributed by atoms with Gasteiger partial charge in [-0.05, 0) is 101 Å². The number of fused-ring (bicyclic) bond motifs is 9. The lowest BCUT2D eigenvalue weighted by Crippen LogP contribution is -2.15. The molecule has 4 nitrogen and oxygen atoms in total. The van der Waals surface area contributed by atoms with Gasteiger partial charge in [0, 0.05) is 55.0 Å². The Balaban J connectivity index is 1.03. The van der Waals surface area contributed by atoms with E-state index in [1.807, 2.05) is 12.1 Å². The Hall–Kier alpha value is -7.56. The molecule has 0 saturated carbocycles. The first-order chi connectivity index (χ1) is 29.0. The summed E-state index contributed by atoms with van der Waals surface area (Å²) in [6.07, 6.45) is 0. The molecule has 12 rings (SSSR count). The van der Waals surface area contributed by atoms with Crippen LogP contribution in [-0.2, 0) is 5.41 Å². The first kappa shape index (κ1) is 33.6. The van der Waals surface area contributed by atoms with Crippen molar-refractivity contribution in [2.45, 2.75) is 19.3 Å². The van der Waals surface area contributed by atoms with Crippen molar-refractivity contribution in [2.24, 2.45) is 0 Å². The van der Waals surface area contributed by atoms with Gasteiger partial charge in [-0.3, -0.25) is 0 Å². The first-order valence-electron chi connectivity index (χ1n) is 20.3. The highest BCUT2D eigenvalue weighted by molar-refractivity contribution is 6.14. The average molecular weight is 755 g/mol. The smallest absolute Gasteiger partial charge is 0.160 e. The molecule has 59 heavy (non-hydrogen) atoms. The fourth-order valence-corrected chi connectivity index (χ4v) is 9.64. The van der Waals surface area contributed by atoms with E-state index in [9.17, 15) is 0 Å². The molecule has 0 spiro atoms. The zero-order valence-corrected chi connectivity index (χ0v) is 32.8. The van der Waals surface area contributed by atoms with Gasteiger partial charge in [-0.1, -0.05) is 129 Å². The Labute approximate surface area is 342 Å². The Morgan fingerprint density at radius 3 is 1.41 bits per heavy atom. The van der Waals surface area contributed by atoms with E-state index in [2.05, 4.69) is 205 Å². The van der Waals surface area contributed by atoms with Crippen LogP contribution in [0, 0.1) is 0 Å². The number of para-hydroxylation sites is 3. The summed E-state index contributed by atoms with van der Waals surface area (Å²) in [5.74, 6) is 0.704. The SMILES string of the molecule is CC1(C)c2cc3c4ccccc4n(-c4ccc(-c5nc(-c6ccccc6)cc(-c6ccccc6)n5)cc4)c3cc2-c2cc3c4ccccc4n(-c4ccccc4)c3cc21. The van der Waals surface area contributed by atoms with Crippen LogP contribution in [0.3, 0.4) is 0 Å². The normalized spacial score (nSPS) is 13.1. The highest BCUT2D eigenvalue weighted by Gasteiger charge is 2.37. The van der Waals surface area contributed by atoms with Crippen molar-refractivity contribution < 1.29 is 0 Å². The molecule has 0 saturated heterocycles. The third-order valence-electron chi connectivity index (χ3n) is 12.5. The molecule has 1 aliphatic rings. The van der Waals surface area contributed by atoms with Gasteiger partial charge in [0.15, 0.2) is 5.82 Å². The molecule has 1 aliphatic carbocycles. The summed E-state index contributed by atoms with van der Waals surface area (Å²) in [5, 5.41) is 5.06. The van der Waals surface area contributed by atoms with Gasteiger partial charge in [-0.15, -0.1) is 0 Å². The Bertz CT molecular complexity index is 3370. The van der Waals surface area contributed by atoms with Gasteiger partial charge in [0.2, 0.25) is 0 Å². The van der Waals surface area contributed by atoms with E-state index in [0.29, 0.717) is 5.82 Å². The molecule has 0 bridgehead atoms. The van der Waals surface area contributed by atoms with Gasteiger partial charge < -0.3 is 9.13 Å². The van der Waals surface area contributed by atoms with E-state index in [1.54, 1.807) is 0 Å². The molecule has 11 aromatic rings. The summed E-state index contributed by atoms with van der Waals surface area (Å²) >= 11 is 0. The maximum absolute atomic E-state index is 5.11. The molecule has 0 aliphatic heterocycles. The second-order valence-electron chi connectivity index (χ2n) is 16.2. The van der Waals surface area contributed by atoms with E-state index in [0.717, 1.165) is 33.8 Å². The van der Waals surface area contributed by atoms with Crippen molar-refractivity contribution in [3.63, 3.8) is 0 Å². The number of nitrogens with zero attached hydrogens (tertiary/aromatic N) is 4. The van der Waals surface area contributed by atoms with Crippen LogP contribution < -0.4 is 0 Å². The molecule has 0 unspecified atom stereocenters. The third kappa shape index (κ3) is 5.09. The largest absolute Gasteiger partial charge is 0.309 e. The van der Waals surface area contributed by atoms with E-state index in [4.69, 9.17) is 9.97 Å². The number of aromatic nitrogens is 4. The topological polar surface area (TPSA) is 35.6 Å². The zero-order chi connectivity index (χ0) is 39.2. The monoisotopic (exact) mass is 754 g/mol. The minimum atomic E-state index is -0.192. The average Bonchev–Trinajstić information content (AvgIpc) is 3.88. The fraction of sp³-hybridized carbons (Fsp3) is 0.0545. The second-order valence-corrected chi connectivity index (χ2v) is 16.2. The van der Waals surface area contributed by atoms with Crippen LogP contribution in [0.15, 0.2) is 194 Å². The van der Waals surface area contributed by atoms with Crippen molar-refractivity contribution in [1.29, 1.82) is 0 Å². The number of rotatable bonds is 5. The Kier molecular flexibility index (Phi) is 7.24. The molecular weight excluding hydrogens is 717 g/mol. The van der Waals surface area contributed by atoms with Crippen LogP contribution in [0.4, 0.5) is 0 Å². The molecular formula is C55H38N4. The number of hydrogen-bond donors (Lipinski definition) is 0. The minimum Gasteiger partial charge on any atom is -0.309 e. The highest BCUT2D eigenvalue weighted by Crippen LogP contribution is 2.53. The quantitative estimate of drug-likeness (QED) is 0.175. The van der Waals surface area contributed by atoms with Crippen molar-refractivity contribution in [1.82, 2.24) is 19.1 Å². The third-order valence-corrected chi connectivity index (χ3v) is 12.5. The molecule has 0 amide bonds. The predicted molar refractivity (Wildman–Crippen MR) is 245 cm³/mol. The maximum Gasteiger partial charge on any atom is 0.160 e. The molecule has 0 fully saturated rings. The lowest BCUT2D eigenvalue weighted by molar-refractivity contribution is 0.662. The molecule has 3 aromatic heterocycles. The second kappa shape index (κ2) is 12.7. The molecule has 3 heterocycles. The van der Waals surface area contributed by atoms with E-state index >= 15 is 0 Å². The summed E-state index contributed by atoms with van der Waals surface area (Å²) in [4.78, 5) is 10.2. The standard InChI is InChI=1S/C55H38N4/c1-55(2)46-31-45-41-23-13-15-25-51(41)59(39-28-26-37(27-29-39)54-56-48(35-16-6-3-7-17-35)34-49(57-54)36-18-8-4-9-19-36)52(45)32-43(46)42-30-44-40-22-12-14-24-50(40)58(53(44)33-47(42)55)38-20-10-5-11-21-38/h3-34H,1-2H3. The van der Waals surface area contributed by atoms with Crippen LogP contribution in [0.1, 0.15) is 25.0 Å². The molecule has 0 N–H and O–H groups in total. The fourth-order valence-electron chi connectivity index (χ4n) is 9.64. The molecule has 4 heteroatoms. The van der Waals surface area contributed by atoms with E-state index in [-0.39, 0.29) is 5.41 Å². The zero-order valence-electron chi connectivity index (χ0n) is 32.8. The minimum absolute atomic E-state index is 0.192. The van der Waals surface area contributed by atoms with Crippen molar-refractivity contribution in [2.75, 3.05) is 0 Å². The van der Waals surface area contributed by atoms with Crippen molar-refractivity contribution >= 4 is 43.6 Å². The van der Waals surface area contributed by atoms with Gasteiger partial charge in [0.25, 0.3) is 0 Å². The highest BCUT2D eigenvalue weighted by atomic mass is 15.0. The summed E-state index contributed by atoms with van der Waals surface area (Å²) in [7, 11) is 0. The van der Waals surface area contributed by atoms with Gasteiger partial charge in [0.05, 0.1) is 33.5 Å². The van der Waals surface area contributed by atoms with Gasteiger partial charge >= 0.3 is 0 Å². The van der Waals surface area contributed by atoms with Gasteiger partial charge in [-0.2, -0.15) is 0 Å². The summed E-state index contributed by atoms with van der Waals surface area (Å²) in [6, 6.07) is 69.8. The lowest BCUT2D eigenvalue weighted by atomic mass is 9.82. The first-order valence-corrected chi connectivity index (χ1v) is 20.3. The van der Waals surface area contributed by atoms with Crippen molar-refractivity contribution in [3.8, 4) is 56.4 Å². The van der Waals surface area contributed by atoms with Gasteiger partial charge in [0.1, 0.15) is 0 Å². The predicted octanol–water partition coefficient (Wildman–Crippen LogP) is 14.0. The van der Waals surface area contributed by atoms with Crippen LogP contribution in [0.5, 0.6) is 0 Å². The van der Waals surface area contributed by atoms with Gasteiger partial charge in [-0.25, -0.2) is 9.97 Å². The number of benzene rings is 8. The summed E-state index contributed by atoms with van der Waals surface area (Å²) < 4.78 is 4.85. The van der Waals surface area contributed by atoms with Crippen LogP contribution >= 0.6 is 0 Å². The van der Waals surface area contributed by atoms with Crippen molar-refractivity contribution in [3.05, 3.63) is 205 Å². The van der Waals surface area contributed by atoms with E-state index < -0.39 is 0 Å². The molecule has 8 aromatic carbocycles. The Morgan fingerprint density at radius 1 is 0.356 bits per heavy atom. The summed E-state index contributed by atoms with van der Waals surface area (Å²) in [5.41, 5.74) is 17.2. The Morgan fingerprint density at radius 2 is 0.814 bits per heavy atom. The summed E-state index contributed by atoms with van der Waals surface area (Å²) in [6.45, 7) is 4.78. The number of hydrogen-bond acceptors (Lipinski definition) is 2. The molecule has 0 radical (unpaired) electrons. The van der Waals surface area contributed by atoms with Crippen LogP contribution in [0.2, 0.25) is 0 Å². The maximum atomic E-state index is 5.11. The molecule has 0 atom stereocenters. The van der Waals surface area contributed by atoms with E-state index in [1.165, 1.54) is 71.6 Å². The van der Waals surface area contributed by atoms with Crippen LogP contribution in [0.25, 0.3) is 100 Å².